The van der Waals surface area contributed by atoms with Gasteiger partial charge in [-0.05, 0) is 41.8 Å². The van der Waals surface area contributed by atoms with E-state index in [0.29, 0.717) is 21.4 Å². The van der Waals surface area contributed by atoms with Crippen LogP contribution in [-0.2, 0) is 16.0 Å². The molecule has 0 saturated carbocycles. The first-order chi connectivity index (χ1) is 14.9. The Bertz CT molecular complexity index is 1100. The summed E-state index contributed by atoms with van der Waals surface area (Å²) in [5.74, 6) is -0.568. The third kappa shape index (κ3) is 6.95. The van der Waals surface area contributed by atoms with Crippen molar-refractivity contribution in [2.45, 2.75) is 19.8 Å². The van der Waals surface area contributed by atoms with Crippen LogP contribution >= 0.6 is 23.2 Å². The van der Waals surface area contributed by atoms with Gasteiger partial charge in [-0.3, -0.25) is 9.59 Å². The molecule has 0 aliphatic carbocycles. The Balaban J connectivity index is 1.50. The fraction of sp³-hybridized carbons (Fsp3) is 0.125. The second-order valence-corrected chi connectivity index (χ2v) is 7.81. The number of amides is 2. The Morgan fingerprint density at radius 3 is 2.26 bits per heavy atom. The molecule has 0 atom stereocenters. The minimum absolute atomic E-state index is 0.00882. The number of halogens is 2. The first-order valence-corrected chi connectivity index (χ1v) is 10.4. The molecular formula is C24H21Cl2N3O2. The fourth-order valence-electron chi connectivity index (χ4n) is 2.89. The SMILES string of the molecule is C/C(CC(=O)Nc1cc(Cl)ccc1Cl)=N/NC(=O)Cc1ccc(-c2ccccc2)cc1. The van der Waals surface area contributed by atoms with Crippen LogP contribution in [0, 0.1) is 0 Å². The van der Waals surface area contributed by atoms with Gasteiger partial charge in [0.05, 0.1) is 23.6 Å². The summed E-state index contributed by atoms with van der Waals surface area (Å²) >= 11 is 12.0. The molecule has 0 aromatic heterocycles. The Kier molecular flexibility index (Phi) is 7.82. The molecule has 0 fully saturated rings. The molecule has 5 nitrogen and oxygen atoms in total. The van der Waals surface area contributed by atoms with Crippen molar-refractivity contribution in [3.05, 3.63) is 88.4 Å². The summed E-state index contributed by atoms with van der Waals surface area (Å²) in [6.45, 7) is 1.66. The second kappa shape index (κ2) is 10.8. The third-order valence-corrected chi connectivity index (χ3v) is 4.98. The van der Waals surface area contributed by atoms with E-state index in [9.17, 15) is 9.59 Å². The average Bonchev–Trinajstić information content (AvgIpc) is 2.76. The molecule has 0 saturated heterocycles. The van der Waals surface area contributed by atoms with Gasteiger partial charge >= 0.3 is 0 Å². The molecule has 0 bridgehead atoms. The maximum atomic E-state index is 12.2. The van der Waals surface area contributed by atoms with E-state index in [4.69, 9.17) is 23.2 Å². The van der Waals surface area contributed by atoms with Gasteiger partial charge in [-0.25, -0.2) is 5.43 Å². The molecule has 0 spiro atoms. The highest BCUT2D eigenvalue weighted by atomic mass is 35.5. The Morgan fingerprint density at radius 2 is 1.55 bits per heavy atom. The van der Waals surface area contributed by atoms with E-state index in [0.717, 1.165) is 16.7 Å². The molecule has 7 heteroatoms. The molecule has 3 aromatic carbocycles. The van der Waals surface area contributed by atoms with Crippen molar-refractivity contribution in [1.82, 2.24) is 5.43 Å². The highest BCUT2D eigenvalue weighted by Gasteiger charge is 2.09. The van der Waals surface area contributed by atoms with Gasteiger partial charge in [0, 0.05) is 10.7 Å². The van der Waals surface area contributed by atoms with Crippen molar-refractivity contribution in [1.29, 1.82) is 0 Å². The smallest absolute Gasteiger partial charge is 0.244 e. The lowest BCUT2D eigenvalue weighted by Crippen LogP contribution is -2.23. The van der Waals surface area contributed by atoms with Crippen LogP contribution in [0.25, 0.3) is 11.1 Å². The number of nitrogens with one attached hydrogen (secondary N) is 2. The van der Waals surface area contributed by atoms with E-state index >= 15 is 0 Å². The number of benzene rings is 3. The summed E-state index contributed by atoms with van der Waals surface area (Å²) in [5, 5.41) is 7.54. The molecule has 0 heterocycles. The van der Waals surface area contributed by atoms with Gasteiger partial charge in [0.2, 0.25) is 11.8 Å². The van der Waals surface area contributed by atoms with Gasteiger partial charge in [-0.1, -0.05) is 77.8 Å². The van der Waals surface area contributed by atoms with Gasteiger partial charge in [0.1, 0.15) is 0 Å². The molecule has 0 unspecified atom stereocenters. The Hall–Kier alpha value is -3.15. The zero-order valence-corrected chi connectivity index (χ0v) is 18.4. The van der Waals surface area contributed by atoms with Crippen LogP contribution in [-0.4, -0.2) is 17.5 Å². The summed E-state index contributed by atoms with van der Waals surface area (Å²) in [7, 11) is 0. The van der Waals surface area contributed by atoms with Crippen LogP contribution < -0.4 is 10.7 Å². The molecule has 31 heavy (non-hydrogen) atoms. The molecule has 3 rings (SSSR count). The zero-order chi connectivity index (χ0) is 22.2. The number of nitrogens with zero attached hydrogens (tertiary/aromatic N) is 1. The van der Waals surface area contributed by atoms with Crippen molar-refractivity contribution in [3.8, 4) is 11.1 Å². The zero-order valence-electron chi connectivity index (χ0n) is 16.9. The lowest BCUT2D eigenvalue weighted by atomic mass is 10.0. The van der Waals surface area contributed by atoms with Gasteiger partial charge in [0.25, 0.3) is 0 Å². The standard InChI is InChI=1S/C24H21Cl2N3O2/c1-16(13-23(30)27-22-15-20(25)11-12-21(22)26)28-29-24(31)14-17-7-9-19(10-8-17)18-5-3-2-4-6-18/h2-12,15H,13-14H2,1H3,(H,27,30)(H,29,31)/b28-16-. The van der Waals surface area contributed by atoms with Crippen LogP contribution in [0.3, 0.4) is 0 Å². The van der Waals surface area contributed by atoms with E-state index in [2.05, 4.69) is 15.8 Å². The first kappa shape index (κ1) is 22.5. The molecule has 2 N–H and O–H groups in total. The summed E-state index contributed by atoms with van der Waals surface area (Å²) in [6.07, 6.45) is 0.199. The average molecular weight is 454 g/mol. The predicted octanol–water partition coefficient (Wildman–Crippen LogP) is 5.72. The number of rotatable bonds is 7. The molecule has 0 aliphatic heterocycles. The van der Waals surface area contributed by atoms with Crippen LogP contribution in [0.1, 0.15) is 18.9 Å². The van der Waals surface area contributed by atoms with Crippen molar-refractivity contribution in [2.75, 3.05) is 5.32 Å². The van der Waals surface area contributed by atoms with Gasteiger partial charge in [-0.15, -0.1) is 0 Å². The molecular weight excluding hydrogens is 433 g/mol. The normalized spacial score (nSPS) is 11.1. The summed E-state index contributed by atoms with van der Waals surface area (Å²) in [6, 6.07) is 22.6. The third-order valence-electron chi connectivity index (χ3n) is 4.42. The summed E-state index contributed by atoms with van der Waals surface area (Å²) in [4.78, 5) is 24.3. The molecule has 0 aliphatic rings. The Labute approximate surface area is 191 Å². The maximum absolute atomic E-state index is 12.2. The van der Waals surface area contributed by atoms with Crippen molar-refractivity contribution in [3.63, 3.8) is 0 Å². The van der Waals surface area contributed by atoms with E-state index in [1.165, 1.54) is 0 Å². The summed E-state index contributed by atoms with van der Waals surface area (Å²) in [5.41, 5.74) is 6.46. The molecule has 2 amide bonds. The number of hydrogen-bond acceptors (Lipinski definition) is 3. The molecule has 158 valence electrons. The minimum Gasteiger partial charge on any atom is -0.324 e. The largest absolute Gasteiger partial charge is 0.324 e. The van der Waals surface area contributed by atoms with Crippen LogP contribution in [0.4, 0.5) is 5.69 Å². The number of hydrazone groups is 1. The number of anilines is 1. The second-order valence-electron chi connectivity index (χ2n) is 6.97. The highest BCUT2D eigenvalue weighted by Crippen LogP contribution is 2.25. The van der Waals surface area contributed by atoms with Crippen LogP contribution in [0.15, 0.2) is 77.9 Å². The monoisotopic (exact) mass is 453 g/mol. The number of carbonyl (C=O) groups excluding carboxylic acids is 2. The molecule has 3 aromatic rings. The Morgan fingerprint density at radius 1 is 0.871 bits per heavy atom. The fourth-order valence-corrected chi connectivity index (χ4v) is 3.22. The highest BCUT2D eigenvalue weighted by molar-refractivity contribution is 6.35. The minimum atomic E-state index is -0.309. The van der Waals surface area contributed by atoms with Gasteiger partial charge < -0.3 is 5.32 Å². The maximum Gasteiger partial charge on any atom is 0.244 e. The first-order valence-electron chi connectivity index (χ1n) is 9.62. The van der Waals surface area contributed by atoms with Crippen molar-refractivity contribution >= 4 is 46.4 Å². The van der Waals surface area contributed by atoms with E-state index in [1.807, 2.05) is 54.6 Å². The predicted molar refractivity (Wildman–Crippen MR) is 127 cm³/mol. The van der Waals surface area contributed by atoms with Gasteiger partial charge in [0.15, 0.2) is 0 Å². The van der Waals surface area contributed by atoms with Crippen LogP contribution in [0.2, 0.25) is 10.0 Å². The van der Waals surface area contributed by atoms with Crippen molar-refractivity contribution in [2.24, 2.45) is 5.10 Å². The van der Waals surface area contributed by atoms with E-state index < -0.39 is 0 Å². The van der Waals surface area contributed by atoms with Crippen LogP contribution in [0.5, 0.6) is 0 Å². The van der Waals surface area contributed by atoms with E-state index in [-0.39, 0.29) is 24.7 Å². The lowest BCUT2D eigenvalue weighted by molar-refractivity contribution is -0.120. The van der Waals surface area contributed by atoms with E-state index in [1.54, 1.807) is 25.1 Å². The lowest BCUT2D eigenvalue weighted by Gasteiger charge is -2.08. The number of carbonyl (C=O) groups is 2. The van der Waals surface area contributed by atoms with Gasteiger partial charge in [-0.2, -0.15) is 5.10 Å². The van der Waals surface area contributed by atoms with Crippen molar-refractivity contribution < 1.29 is 9.59 Å². The number of hydrogen-bond donors (Lipinski definition) is 2. The summed E-state index contributed by atoms with van der Waals surface area (Å²) < 4.78 is 0. The quantitative estimate of drug-likeness (QED) is 0.354. The topological polar surface area (TPSA) is 70.6 Å². The molecule has 0 radical (unpaired) electrons.